The first kappa shape index (κ1) is 39.8. The number of benzene rings is 11. The molecule has 0 unspecified atom stereocenters. The molecule has 0 spiro atoms. The van der Waals surface area contributed by atoms with E-state index >= 15 is 0 Å². The Morgan fingerprint density at radius 3 is 1.58 bits per heavy atom. The summed E-state index contributed by atoms with van der Waals surface area (Å²) in [5.41, 5.74) is 16.8. The first-order chi connectivity index (χ1) is 35.2. The second-order valence-corrected chi connectivity index (χ2v) is 19.4. The Morgan fingerprint density at radius 1 is 0.338 bits per heavy atom. The van der Waals surface area contributed by atoms with Gasteiger partial charge < -0.3 is 18.3 Å². The van der Waals surface area contributed by atoms with Gasteiger partial charge in [-0.2, -0.15) is 0 Å². The molecule has 11 aromatic carbocycles. The minimum Gasteiger partial charge on any atom is -0.456 e. The van der Waals surface area contributed by atoms with Gasteiger partial charge in [0.2, 0.25) is 0 Å². The van der Waals surface area contributed by atoms with Crippen LogP contribution in [-0.4, -0.2) is 4.57 Å². The smallest absolute Gasteiger partial charge is 0.145 e. The third-order valence-electron chi connectivity index (χ3n) is 14.4. The second kappa shape index (κ2) is 15.7. The molecular formula is C66H40N2O2S. The quantitative estimate of drug-likeness (QED) is 0.160. The maximum atomic E-state index is 7.02. The molecule has 0 aliphatic heterocycles. The molecule has 0 bridgehead atoms. The summed E-state index contributed by atoms with van der Waals surface area (Å²) in [7, 11) is 0. The summed E-state index contributed by atoms with van der Waals surface area (Å²) < 4.78 is 18.3. The number of aromatic nitrogens is 1. The topological polar surface area (TPSA) is 34.5 Å². The maximum Gasteiger partial charge on any atom is 0.145 e. The molecule has 0 fully saturated rings. The fourth-order valence-corrected chi connectivity index (χ4v) is 12.4. The Hall–Kier alpha value is -9.16. The molecule has 0 saturated carbocycles. The predicted molar refractivity (Wildman–Crippen MR) is 299 cm³/mol. The van der Waals surface area contributed by atoms with E-state index in [1.54, 1.807) is 0 Å². The molecule has 4 aromatic heterocycles. The van der Waals surface area contributed by atoms with E-state index in [4.69, 9.17) is 8.83 Å². The molecule has 4 nitrogen and oxygen atoms in total. The van der Waals surface area contributed by atoms with Crippen LogP contribution in [0.25, 0.3) is 125 Å². The Morgan fingerprint density at radius 2 is 0.873 bits per heavy atom. The molecule has 71 heavy (non-hydrogen) atoms. The van der Waals surface area contributed by atoms with Crippen molar-refractivity contribution in [3.63, 3.8) is 0 Å². The van der Waals surface area contributed by atoms with Crippen molar-refractivity contribution in [1.82, 2.24) is 4.57 Å². The fraction of sp³-hybridized carbons (Fsp3) is 0. The van der Waals surface area contributed by atoms with Crippen LogP contribution in [0.2, 0.25) is 0 Å². The van der Waals surface area contributed by atoms with Crippen molar-refractivity contribution in [3.05, 3.63) is 243 Å². The number of nitrogens with zero attached hydrogens (tertiary/aromatic N) is 2. The van der Waals surface area contributed by atoms with Crippen molar-refractivity contribution in [1.29, 1.82) is 0 Å². The highest BCUT2D eigenvalue weighted by Crippen LogP contribution is 2.48. The summed E-state index contributed by atoms with van der Waals surface area (Å²) >= 11 is 1.85. The lowest BCUT2D eigenvalue weighted by Gasteiger charge is -2.27. The van der Waals surface area contributed by atoms with E-state index in [-0.39, 0.29) is 0 Å². The molecule has 5 heteroatoms. The minimum atomic E-state index is 0.843. The van der Waals surface area contributed by atoms with Crippen LogP contribution in [0.15, 0.2) is 251 Å². The van der Waals surface area contributed by atoms with Crippen molar-refractivity contribution in [2.45, 2.75) is 0 Å². The number of furan rings is 2. The van der Waals surface area contributed by atoms with Crippen LogP contribution in [0.4, 0.5) is 17.1 Å². The van der Waals surface area contributed by atoms with E-state index in [2.05, 4.69) is 240 Å². The van der Waals surface area contributed by atoms with Crippen molar-refractivity contribution in [3.8, 4) is 39.1 Å². The van der Waals surface area contributed by atoms with Gasteiger partial charge in [-0.3, -0.25) is 0 Å². The summed E-state index contributed by atoms with van der Waals surface area (Å²) in [6.45, 7) is 0. The minimum absolute atomic E-state index is 0.843. The van der Waals surface area contributed by atoms with Crippen LogP contribution in [0, 0.1) is 0 Å². The summed E-state index contributed by atoms with van der Waals surface area (Å²) in [4.78, 5) is 2.39. The highest BCUT2D eigenvalue weighted by atomic mass is 32.1. The first-order valence-electron chi connectivity index (χ1n) is 24.1. The molecule has 332 valence electrons. The number of rotatable bonds is 7. The third kappa shape index (κ3) is 6.17. The van der Waals surface area contributed by atoms with E-state index in [0.29, 0.717) is 0 Å². The number of thiophene rings is 1. The number of hydrogen-bond acceptors (Lipinski definition) is 4. The van der Waals surface area contributed by atoms with Gasteiger partial charge in [-0.05, 0) is 119 Å². The van der Waals surface area contributed by atoms with Crippen LogP contribution < -0.4 is 4.90 Å². The molecule has 0 amide bonds. The number of hydrogen-bond donors (Lipinski definition) is 0. The molecule has 15 aromatic rings. The average Bonchev–Trinajstić information content (AvgIpc) is 4.21. The van der Waals surface area contributed by atoms with Gasteiger partial charge in [0, 0.05) is 69.7 Å². The Kier molecular flexibility index (Phi) is 8.79. The normalized spacial score (nSPS) is 11.9. The molecule has 0 aliphatic carbocycles. The van der Waals surface area contributed by atoms with Gasteiger partial charge in [0.15, 0.2) is 0 Å². The number of para-hydroxylation sites is 4. The largest absolute Gasteiger partial charge is 0.456 e. The van der Waals surface area contributed by atoms with Gasteiger partial charge >= 0.3 is 0 Å². The highest BCUT2D eigenvalue weighted by Gasteiger charge is 2.24. The van der Waals surface area contributed by atoms with E-state index in [1.807, 2.05) is 23.5 Å². The summed E-state index contributed by atoms with van der Waals surface area (Å²) in [5.74, 6) is 0. The van der Waals surface area contributed by atoms with Crippen molar-refractivity contribution >= 4 is 114 Å². The van der Waals surface area contributed by atoms with E-state index < -0.39 is 0 Å². The first-order valence-corrected chi connectivity index (χ1v) is 24.9. The van der Waals surface area contributed by atoms with Crippen molar-refractivity contribution in [2.24, 2.45) is 0 Å². The Balaban J connectivity index is 0.919. The van der Waals surface area contributed by atoms with Gasteiger partial charge in [-0.25, -0.2) is 0 Å². The van der Waals surface area contributed by atoms with Gasteiger partial charge in [0.1, 0.15) is 22.3 Å². The van der Waals surface area contributed by atoms with Gasteiger partial charge in [-0.15, -0.1) is 11.3 Å². The monoisotopic (exact) mass is 924 g/mol. The lowest BCUT2D eigenvalue weighted by Crippen LogP contribution is -2.10. The van der Waals surface area contributed by atoms with Crippen molar-refractivity contribution in [2.75, 3.05) is 4.90 Å². The Bertz CT molecular complexity index is 4380. The zero-order valence-electron chi connectivity index (χ0n) is 38.2. The molecule has 15 rings (SSSR count). The van der Waals surface area contributed by atoms with Crippen LogP contribution in [0.1, 0.15) is 0 Å². The molecule has 0 atom stereocenters. The molecule has 0 radical (unpaired) electrons. The van der Waals surface area contributed by atoms with Crippen molar-refractivity contribution < 1.29 is 8.83 Å². The van der Waals surface area contributed by atoms with Crippen LogP contribution >= 0.6 is 11.3 Å². The average molecular weight is 925 g/mol. The third-order valence-corrected chi connectivity index (χ3v) is 15.6. The van der Waals surface area contributed by atoms with Crippen LogP contribution in [0.5, 0.6) is 0 Å². The molecular weight excluding hydrogens is 885 g/mol. The zero-order chi connectivity index (χ0) is 46.6. The lowest BCUT2D eigenvalue weighted by atomic mass is 9.97. The zero-order valence-corrected chi connectivity index (χ0v) is 39.0. The van der Waals surface area contributed by atoms with Gasteiger partial charge in [-0.1, -0.05) is 152 Å². The lowest BCUT2D eigenvalue weighted by molar-refractivity contribution is 0.669. The molecule has 0 N–H and O–H groups in total. The van der Waals surface area contributed by atoms with Gasteiger partial charge in [0.25, 0.3) is 0 Å². The standard InChI is InChI=1S/C66H40N2O2S/c1-6-23-55-50(16-1)51-17-2-7-24-56(51)68(55)46-15-11-14-43(40-46)49-38-39-57(65-53-19-4-9-26-59(53)70-66(49)65)67(44-34-30-41(31-35-44)47-21-12-27-60-63(47)52-18-3-8-25-58(52)69-60)45-36-32-42(33-37-45)48-22-13-29-62-64(48)54-20-5-10-28-61(54)71-62/h1-40H. The number of fused-ring (bicyclic) bond motifs is 12. The fourth-order valence-electron chi connectivity index (χ4n) is 11.3. The highest BCUT2D eigenvalue weighted by molar-refractivity contribution is 7.25. The number of anilines is 3. The van der Waals surface area contributed by atoms with E-state index in [9.17, 15) is 0 Å². The molecule has 0 saturated heterocycles. The predicted octanol–water partition coefficient (Wildman–Crippen LogP) is 19.4. The Labute approximate surface area is 412 Å². The summed E-state index contributed by atoms with van der Waals surface area (Å²) in [6.07, 6.45) is 0. The van der Waals surface area contributed by atoms with Crippen LogP contribution in [-0.2, 0) is 0 Å². The van der Waals surface area contributed by atoms with Crippen LogP contribution in [0.3, 0.4) is 0 Å². The SMILES string of the molecule is c1cc(-c2ccc(N(c3ccc(-c4cccc5oc6ccccc6c45)cc3)c3ccc(-c4cccc5sc6ccccc6c45)cc3)c3c2oc2ccccc23)cc(-n2c3ccccc3c3ccccc32)c1. The second-order valence-electron chi connectivity index (χ2n) is 18.3. The molecule has 4 heterocycles. The maximum absolute atomic E-state index is 7.02. The van der Waals surface area contributed by atoms with E-state index in [1.165, 1.54) is 53.1 Å². The van der Waals surface area contributed by atoms with Gasteiger partial charge in [0.05, 0.1) is 22.1 Å². The van der Waals surface area contributed by atoms with E-state index in [0.717, 1.165) is 88.9 Å². The summed E-state index contributed by atoms with van der Waals surface area (Å²) in [5, 5.41) is 9.43. The summed E-state index contributed by atoms with van der Waals surface area (Å²) in [6, 6.07) is 87.4. The molecule has 0 aliphatic rings.